The van der Waals surface area contributed by atoms with Crippen LogP contribution >= 0.6 is 0 Å². The molecule has 3 rings (SSSR count). The fraction of sp³-hybridized carbons (Fsp3) is 0.333. The third kappa shape index (κ3) is 4.23. The Kier molecular flexibility index (Phi) is 4.98. The Labute approximate surface area is 154 Å². The first-order valence-corrected chi connectivity index (χ1v) is 8.77. The highest BCUT2D eigenvalue weighted by molar-refractivity contribution is 5.97. The summed E-state index contributed by atoms with van der Waals surface area (Å²) in [5, 5.41) is 0. The van der Waals surface area contributed by atoms with E-state index in [0.717, 1.165) is 16.8 Å². The van der Waals surface area contributed by atoms with Crippen LogP contribution in [0.3, 0.4) is 0 Å². The van der Waals surface area contributed by atoms with Crippen LogP contribution < -0.4 is 4.90 Å². The molecule has 0 atom stereocenters. The normalized spacial score (nSPS) is 15.1. The van der Waals surface area contributed by atoms with E-state index in [1.807, 2.05) is 75.4 Å². The molecule has 0 aromatic heterocycles. The van der Waals surface area contributed by atoms with E-state index >= 15 is 0 Å². The summed E-state index contributed by atoms with van der Waals surface area (Å²) in [6.45, 7) is 6.39. The summed E-state index contributed by atoms with van der Waals surface area (Å²) in [6, 6.07) is 18.0. The Hall–Kier alpha value is -2.82. The quantitative estimate of drug-likeness (QED) is 0.823. The van der Waals surface area contributed by atoms with Crippen molar-refractivity contribution in [1.29, 1.82) is 0 Å². The van der Waals surface area contributed by atoms with Gasteiger partial charge >= 0.3 is 6.09 Å². The van der Waals surface area contributed by atoms with Crippen LogP contribution in [0, 0.1) is 0 Å². The van der Waals surface area contributed by atoms with E-state index in [2.05, 4.69) is 0 Å². The van der Waals surface area contributed by atoms with Gasteiger partial charge in [0, 0.05) is 18.8 Å². The van der Waals surface area contributed by atoms with Gasteiger partial charge in [0.05, 0.1) is 0 Å². The largest absolute Gasteiger partial charge is 0.444 e. The van der Waals surface area contributed by atoms with E-state index in [4.69, 9.17) is 4.74 Å². The van der Waals surface area contributed by atoms with Gasteiger partial charge in [0.2, 0.25) is 5.91 Å². The number of hydrogen-bond acceptors (Lipinski definition) is 3. The predicted molar refractivity (Wildman–Crippen MR) is 102 cm³/mol. The first kappa shape index (κ1) is 18.0. The molecule has 26 heavy (non-hydrogen) atoms. The van der Waals surface area contributed by atoms with Crippen molar-refractivity contribution >= 4 is 17.7 Å². The second-order valence-corrected chi connectivity index (χ2v) is 7.36. The third-order valence-corrected chi connectivity index (χ3v) is 4.14. The van der Waals surface area contributed by atoms with E-state index in [-0.39, 0.29) is 12.5 Å². The number of carbonyl (C=O) groups is 2. The molecule has 2 amide bonds. The summed E-state index contributed by atoms with van der Waals surface area (Å²) in [5.74, 6) is -0.104. The Morgan fingerprint density at radius 2 is 1.65 bits per heavy atom. The molecule has 0 radical (unpaired) electrons. The lowest BCUT2D eigenvalue weighted by molar-refractivity contribution is -0.121. The van der Waals surface area contributed by atoms with E-state index < -0.39 is 11.7 Å². The van der Waals surface area contributed by atoms with Crippen LogP contribution in [0.4, 0.5) is 10.5 Å². The standard InChI is InChI=1S/C21H24N2O3/c1-21(2,3)26-20(25)22-12-13-23(19(24)15-22)18-11-7-10-17(14-18)16-8-5-4-6-9-16/h4-11,14H,12-13,15H2,1-3H3. The lowest BCUT2D eigenvalue weighted by Gasteiger charge is -2.35. The molecular formula is C21H24N2O3. The summed E-state index contributed by atoms with van der Waals surface area (Å²) >= 11 is 0. The third-order valence-electron chi connectivity index (χ3n) is 4.14. The Bertz CT molecular complexity index is 796. The molecule has 1 saturated heterocycles. The summed E-state index contributed by atoms with van der Waals surface area (Å²) in [5.41, 5.74) is 2.45. The summed E-state index contributed by atoms with van der Waals surface area (Å²) < 4.78 is 5.36. The van der Waals surface area contributed by atoms with Gasteiger partial charge in [-0.25, -0.2) is 4.79 Å². The summed E-state index contributed by atoms with van der Waals surface area (Å²) in [6.07, 6.45) is -0.441. The molecule has 0 spiro atoms. The lowest BCUT2D eigenvalue weighted by atomic mass is 10.0. The van der Waals surface area contributed by atoms with E-state index in [1.165, 1.54) is 4.90 Å². The highest BCUT2D eigenvalue weighted by Crippen LogP contribution is 2.26. The molecule has 0 N–H and O–H groups in total. The molecule has 0 aliphatic carbocycles. The minimum absolute atomic E-state index is 0.0322. The Morgan fingerprint density at radius 3 is 2.31 bits per heavy atom. The number of amides is 2. The zero-order valence-electron chi connectivity index (χ0n) is 15.4. The number of ether oxygens (including phenoxy) is 1. The van der Waals surface area contributed by atoms with Gasteiger partial charge in [0.25, 0.3) is 0 Å². The van der Waals surface area contributed by atoms with Gasteiger partial charge in [-0.1, -0.05) is 42.5 Å². The second kappa shape index (κ2) is 7.20. The van der Waals surface area contributed by atoms with Crippen molar-refractivity contribution < 1.29 is 14.3 Å². The number of anilines is 1. The smallest absolute Gasteiger partial charge is 0.410 e. The van der Waals surface area contributed by atoms with E-state index in [1.54, 1.807) is 4.90 Å². The first-order chi connectivity index (χ1) is 12.3. The van der Waals surface area contributed by atoms with Crippen molar-refractivity contribution in [3.63, 3.8) is 0 Å². The lowest BCUT2D eigenvalue weighted by Crippen LogP contribution is -2.53. The van der Waals surface area contributed by atoms with Crippen LogP contribution in [-0.2, 0) is 9.53 Å². The first-order valence-electron chi connectivity index (χ1n) is 8.77. The van der Waals surface area contributed by atoms with Crippen molar-refractivity contribution in [2.75, 3.05) is 24.5 Å². The van der Waals surface area contributed by atoms with Gasteiger partial charge in [-0.2, -0.15) is 0 Å². The molecule has 0 saturated carbocycles. The highest BCUT2D eigenvalue weighted by Gasteiger charge is 2.30. The maximum absolute atomic E-state index is 12.6. The Balaban J connectivity index is 1.72. The van der Waals surface area contributed by atoms with E-state index in [9.17, 15) is 9.59 Å². The maximum atomic E-state index is 12.6. The van der Waals surface area contributed by atoms with Crippen LogP contribution in [0.5, 0.6) is 0 Å². The fourth-order valence-corrected chi connectivity index (χ4v) is 2.91. The average molecular weight is 352 g/mol. The monoisotopic (exact) mass is 352 g/mol. The number of benzene rings is 2. The van der Waals surface area contributed by atoms with Gasteiger partial charge in [0.15, 0.2) is 0 Å². The van der Waals surface area contributed by atoms with Gasteiger partial charge < -0.3 is 9.64 Å². The van der Waals surface area contributed by atoms with Crippen molar-refractivity contribution in [1.82, 2.24) is 4.90 Å². The van der Waals surface area contributed by atoms with Crippen molar-refractivity contribution in [3.8, 4) is 11.1 Å². The molecule has 1 fully saturated rings. The zero-order chi connectivity index (χ0) is 18.7. The van der Waals surface area contributed by atoms with Gasteiger partial charge in [-0.15, -0.1) is 0 Å². The minimum atomic E-state index is -0.568. The minimum Gasteiger partial charge on any atom is -0.444 e. The zero-order valence-corrected chi connectivity index (χ0v) is 15.4. The van der Waals surface area contributed by atoms with Crippen LogP contribution in [0.25, 0.3) is 11.1 Å². The Morgan fingerprint density at radius 1 is 0.962 bits per heavy atom. The molecule has 1 aliphatic heterocycles. The molecule has 0 bridgehead atoms. The van der Waals surface area contributed by atoms with Crippen LogP contribution in [0.2, 0.25) is 0 Å². The maximum Gasteiger partial charge on any atom is 0.410 e. The highest BCUT2D eigenvalue weighted by atomic mass is 16.6. The molecule has 2 aromatic rings. The topological polar surface area (TPSA) is 49.9 Å². The second-order valence-electron chi connectivity index (χ2n) is 7.36. The summed E-state index contributed by atoms with van der Waals surface area (Å²) in [7, 11) is 0. The van der Waals surface area contributed by atoms with Crippen molar-refractivity contribution in [2.45, 2.75) is 26.4 Å². The number of piperazine rings is 1. The van der Waals surface area contributed by atoms with Crippen molar-refractivity contribution in [2.24, 2.45) is 0 Å². The summed E-state index contributed by atoms with van der Waals surface area (Å²) in [4.78, 5) is 28.0. The molecule has 1 heterocycles. The molecule has 5 nitrogen and oxygen atoms in total. The van der Waals surface area contributed by atoms with Crippen LogP contribution in [0.15, 0.2) is 54.6 Å². The van der Waals surface area contributed by atoms with Crippen molar-refractivity contribution in [3.05, 3.63) is 54.6 Å². The SMILES string of the molecule is CC(C)(C)OC(=O)N1CCN(c2cccc(-c3ccccc3)c2)C(=O)C1. The molecule has 1 aliphatic rings. The van der Waals surface area contributed by atoms with Crippen LogP contribution in [0.1, 0.15) is 20.8 Å². The molecule has 136 valence electrons. The molecule has 2 aromatic carbocycles. The van der Waals surface area contributed by atoms with Gasteiger partial charge in [0.1, 0.15) is 12.1 Å². The number of rotatable bonds is 2. The number of hydrogen-bond donors (Lipinski definition) is 0. The van der Waals surface area contributed by atoms with E-state index in [0.29, 0.717) is 13.1 Å². The number of nitrogens with zero attached hydrogens (tertiary/aromatic N) is 2. The average Bonchev–Trinajstić information content (AvgIpc) is 2.61. The van der Waals surface area contributed by atoms with Gasteiger partial charge in [-0.3, -0.25) is 9.69 Å². The number of carbonyl (C=O) groups excluding carboxylic acids is 2. The molecular weight excluding hydrogens is 328 g/mol. The molecule has 0 unspecified atom stereocenters. The fourth-order valence-electron chi connectivity index (χ4n) is 2.91. The predicted octanol–water partition coefficient (Wildman–Crippen LogP) is 3.94. The van der Waals surface area contributed by atoms with Crippen LogP contribution in [-0.4, -0.2) is 42.1 Å². The van der Waals surface area contributed by atoms with Gasteiger partial charge in [-0.05, 0) is 44.0 Å². The molecule has 5 heteroatoms.